The van der Waals surface area contributed by atoms with Gasteiger partial charge in [-0.3, -0.25) is 9.48 Å². The van der Waals surface area contributed by atoms with E-state index in [4.69, 9.17) is 9.47 Å². The number of hydrogen-bond acceptors (Lipinski definition) is 4. The van der Waals surface area contributed by atoms with Crippen LogP contribution in [0.1, 0.15) is 30.6 Å². The predicted octanol–water partition coefficient (Wildman–Crippen LogP) is 3.08. The number of amides is 1. The first kappa shape index (κ1) is 18.6. The van der Waals surface area contributed by atoms with Gasteiger partial charge in [0.15, 0.2) is 0 Å². The summed E-state index contributed by atoms with van der Waals surface area (Å²) < 4.78 is 13.5. The second-order valence-electron chi connectivity index (χ2n) is 5.47. The number of methoxy groups -OCH3 is 2. The zero-order valence-electron chi connectivity index (χ0n) is 14.3. The number of nitrogens with zero attached hydrogens (tertiary/aromatic N) is 2. The Hall–Kier alpha value is -1.77. The van der Waals surface area contributed by atoms with Crippen LogP contribution in [-0.4, -0.2) is 29.9 Å². The van der Waals surface area contributed by atoms with Crippen molar-refractivity contribution in [3.63, 3.8) is 0 Å². The van der Waals surface area contributed by atoms with Gasteiger partial charge >= 0.3 is 0 Å². The largest absolute Gasteiger partial charge is 0.497 e. The number of nitrogens with one attached hydrogen (secondary N) is 1. The molecule has 24 heavy (non-hydrogen) atoms. The van der Waals surface area contributed by atoms with E-state index in [0.29, 0.717) is 13.0 Å². The van der Waals surface area contributed by atoms with Gasteiger partial charge in [-0.2, -0.15) is 5.10 Å². The molecule has 1 N–H and O–H groups in total. The zero-order valence-corrected chi connectivity index (χ0v) is 16.5. The first-order valence-electron chi connectivity index (χ1n) is 7.65. The normalized spacial score (nSPS) is 11.9. The summed E-state index contributed by atoms with van der Waals surface area (Å²) in [6.45, 7) is 4.43. The third-order valence-electron chi connectivity index (χ3n) is 3.74. The summed E-state index contributed by atoms with van der Waals surface area (Å²) in [5.41, 5.74) is 1.86. The van der Waals surface area contributed by atoms with Crippen LogP contribution < -0.4 is 14.8 Å². The van der Waals surface area contributed by atoms with Gasteiger partial charge in [0, 0.05) is 24.7 Å². The summed E-state index contributed by atoms with van der Waals surface area (Å²) in [4.78, 5) is 12.2. The lowest BCUT2D eigenvalue weighted by atomic mass is 10.1. The number of halogens is 1. The molecule has 1 atom stereocenters. The molecule has 0 radical (unpaired) electrons. The average Bonchev–Trinajstić information content (AvgIpc) is 2.90. The van der Waals surface area contributed by atoms with E-state index in [1.807, 2.05) is 38.2 Å². The molecule has 0 saturated heterocycles. The van der Waals surface area contributed by atoms with Crippen molar-refractivity contribution < 1.29 is 14.3 Å². The molecule has 6 nitrogen and oxygen atoms in total. The number of aromatic nitrogens is 2. The standard InChI is InChI=1S/C17H22IN3O3/c1-11(14-9-13(23-3)5-6-16(14)24-4)19-17(22)7-8-21-10-15(18)12(2)20-21/h5-6,9-11H,7-8H2,1-4H3,(H,19,22). The maximum atomic E-state index is 12.2. The molecule has 0 fully saturated rings. The Kier molecular flexibility index (Phi) is 6.47. The number of hydrogen-bond donors (Lipinski definition) is 1. The number of benzene rings is 1. The van der Waals surface area contributed by atoms with Gasteiger partial charge in [0.25, 0.3) is 0 Å². The van der Waals surface area contributed by atoms with Crippen molar-refractivity contribution in [2.45, 2.75) is 32.9 Å². The summed E-state index contributed by atoms with van der Waals surface area (Å²) in [6.07, 6.45) is 2.31. The van der Waals surface area contributed by atoms with Gasteiger partial charge in [0.2, 0.25) is 5.91 Å². The first-order valence-corrected chi connectivity index (χ1v) is 8.73. The first-order chi connectivity index (χ1) is 11.4. The molecule has 7 heteroatoms. The highest BCUT2D eigenvalue weighted by Gasteiger charge is 2.15. The third-order valence-corrected chi connectivity index (χ3v) is 4.79. The summed E-state index contributed by atoms with van der Waals surface area (Å²) in [5, 5.41) is 7.36. The molecule has 1 aromatic heterocycles. The summed E-state index contributed by atoms with van der Waals surface area (Å²) in [6, 6.07) is 5.37. The topological polar surface area (TPSA) is 65.4 Å². The Labute approximate surface area is 155 Å². The molecule has 2 aromatic rings. The molecule has 0 saturated carbocycles. The molecule has 2 rings (SSSR count). The Morgan fingerprint density at radius 1 is 1.38 bits per heavy atom. The minimum Gasteiger partial charge on any atom is -0.497 e. The van der Waals surface area contributed by atoms with Gasteiger partial charge < -0.3 is 14.8 Å². The summed E-state index contributed by atoms with van der Waals surface area (Å²) in [7, 11) is 3.23. The second kappa shape index (κ2) is 8.36. The van der Waals surface area contributed by atoms with Crippen LogP contribution in [-0.2, 0) is 11.3 Å². The van der Waals surface area contributed by atoms with E-state index < -0.39 is 0 Å². The lowest BCUT2D eigenvalue weighted by molar-refractivity contribution is -0.122. The van der Waals surface area contributed by atoms with E-state index in [0.717, 1.165) is 26.3 Å². The average molecular weight is 443 g/mol. The molecule has 130 valence electrons. The van der Waals surface area contributed by atoms with E-state index in [1.165, 1.54) is 0 Å². The smallest absolute Gasteiger partial charge is 0.222 e. The van der Waals surface area contributed by atoms with Crippen molar-refractivity contribution in [1.29, 1.82) is 0 Å². The number of carbonyl (C=O) groups excluding carboxylic acids is 1. The van der Waals surface area contributed by atoms with Gasteiger partial charge in [0.1, 0.15) is 11.5 Å². The molecule has 0 aliphatic carbocycles. The van der Waals surface area contributed by atoms with E-state index in [-0.39, 0.29) is 11.9 Å². The van der Waals surface area contributed by atoms with Crippen LogP contribution in [0.5, 0.6) is 11.5 Å². The highest BCUT2D eigenvalue weighted by Crippen LogP contribution is 2.29. The third kappa shape index (κ3) is 4.62. The van der Waals surface area contributed by atoms with Crippen molar-refractivity contribution in [3.05, 3.63) is 39.2 Å². The van der Waals surface area contributed by atoms with E-state index >= 15 is 0 Å². The van der Waals surface area contributed by atoms with Gasteiger partial charge in [-0.15, -0.1) is 0 Å². The van der Waals surface area contributed by atoms with Crippen molar-refractivity contribution >= 4 is 28.5 Å². The van der Waals surface area contributed by atoms with Crippen molar-refractivity contribution in [2.24, 2.45) is 0 Å². The summed E-state index contributed by atoms with van der Waals surface area (Å²) >= 11 is 2.23. The Morgan fingerprint density at radius 3 is 2.71 bits per heavy atom. The van der Waals surface area contributed by atoms with E-state index in [9.17, 15) is 4.79 Å². The molecule has 0 spiro atoms. The fourth-order valence-corrected chi connectivity index (χ4v) is 2.82. The molecular weight excluding hydrogens is 421 g/mol. The molecule has 0 bridgehead atoms. The molecule has 1 aromatic carbocycles. The Balaban J connectivity index is 1.98. The lowest BCUT2D eigenvalue weighted by Crippen LogP contribution is -2.27. The minimum absolute atomic E-state index is 0.0319. The van der Waals surface area contributed by atoms with Crippen LogP contribution in [0.25, 0.3) is 0 Å². The Morgan fingerprint density at radius 2 is 2.12 bits per heavy atom. The zero-order chi connectivity index (χ0) is 17.7. The van der Waals surface area contributed by atoms with Crippen molar-refractivity contribution in [2.75, 3.05) is 14.2 Å². The lowest BCUT2D eigenvalue weighted by Gasteiger charge is -2.18. The van der Waals surface area contributed by atoms with Gasteiger partial charge in [-0.05, 0) is 54.6 Å². The molecule has 1 unspecified atom stereocenters. The van der Waals surface area contributed by atoms with Crippen LogP contribution in [0.4, 0.5) is 0 Å². The number of carbonyl (C=O) groups is 1. The molecular formula is C17H22IN3O3. The Bertz CT molecular complexity index is 696. The quantitative estimate of drug-likeness (QED) is 0.669. The predicted molar refractivity (Wildman–Crippen MR) is 100 cm³/mol. The van der Waals surface area contributed by atoms with Crippen LogP contribution in [0.2, 0.25) is 0 Å². The van der Waals surface area contributed by atoms with E-state index in [1.54, 1.807) is 18.9 Å². The van der Waals surface area contributed by atoms with Crippen LogP contribution in [0.15, 0.2) is 24.4 Å². The monoisotopic (exact) mass is 443 g/mol. The van der Waals surface area contributed by atoms with Gasteiger partial charge in [-0.25, -0.2) is 0 Å². The van der Waals surface area contributed by atoms with Crippen molar-refractivity contribution in [3.8, 4) is 11.5 Å². The summed E-state index contributed by atoms with van der Waals surface area (Å²) in [5.74, 6) is 1.42. The SMILES string of the molecule is COc1ccc(OC)c(C(C)NC(=O)CCn2cc(I)c(C)n2)c1. The van der Waals surface area contributed by atoms with Crippen molar-refractivity contribution in [1.82, 2.24) is 15.1 Å². The highest BCUT2D eigenvalue weighted by molar-refractivity contribution is 14.1. The van der Waals surface area contributed by atoms with Crippen LogP contribution in [0, 0.1) is 10.5 Å². The molecule has 0 aliphatic rings. The second-order valence-corrected chi connectivity index (χ2v) is 6.63. The maximum Gasteiger partial charge on any atom is 0.222 e. The van der Waals surface area contributed by atoms with Gasteiger partial charge in [0.05, 0.1) is 29.5 Å². The minimum atomic E-state index is -0.179. The fraction of sp³-hybridized carbons (Fsp3) is 0.412. The highest BCUT2D eigenvalue weighted by atomic mass is 127. The van der Waals surface area contributed by atoms with Gasteiger partial charge in [-0.1, -0.05) is 0 Å². The van der Waals surface area contributed by atoms with E-state index in [2.05, 4.69) is 33.0 Å². The van der Waals surface area contributed by atoms with Crippen LogP contribution >= 0.6 is 22.6 Å². The molecule has 1 amide bonds. The number of ether oxygens (including phenoxy) is 2. The number of aryl methyl sites for hydroxylation is 2. The molecule has 1 heterocycles. The number of rotatable bonds is 7. The maximum absolute atomic E-state index is 12.2. The van der Waals surface area contributed by atoms with Crippen LogP contribution in [0.3, 0.4) is 0 Å². The molecule has 0 aliphatic heterocycles. The fourth-order valence-electron chi connectivity index (χ4n) is 2.39.